The Morgan fingerprint density at radius 1 is 1.33 bits per heavy atom. The quantitative estimate of drug-likeness (QED) is 0.747. The van der Waals surface area contributed by atoms with Gasteiger partial charge in [0.25, 0.3) is 0 Å². The van der Waals surface area contributed by atoms with Crippen molar-refractivity contribution in [3.05, 3.63) is 0 Å². The van der Waals surface area contributed by atoms with E-state index in [1.54, 1.807) is 0 Å². The van der Waals surface area contributed by atoms with Crippen molar-refractivity contribution < 1.29 is 0 Å². The molecule has 0 amide bonds. The van der Waals surface area contributed by atoms with Gasteiger partial charge < -0.3 is 5.32 Å². The average Bonchev–Trinajstić information content (AvgIpc) is 2.50. The minimum atomic E-state index is 0.784. The second-order valence-electron chi connectivity index (χ2n) is 5.19. The first-order valence-electron chi connectivity index (χ1n) is 6.50. The largest absolute Gasteiger partial charge is 0.314 e. The maximum atomic E-state index is 3.61. The molecule has 0 aromatic heterocycles. The fourth-order valence-electron chi connectivity index (χ4n) is 2.37. The normalized spacial score (nSPS) is 31.4. The molecule has 0 radical (unpaired) electrons. The van der Waals surface area contributed by atoms with Crippen LogP contribution in [0.2, 0.25) is 0 Å². The summed E-state index contributed by atoms with van der Waals surface area (Å²) in [5.74, 6) is 3.08. The molecule has 1 saturated carbocycles. The smallest absolute Gasteiger partial charge is 0.0103 e. The highest BCUT2D eigenvalue weighted by Gasteiger charge is 2.31. The maximum absolute atomic E-state index is 3.61. The Kier molecular flexibility index (Phi) is 6.06. The summed E-state index contributed by atoms with van der Waals surface area (Å²) >= 11 is 2.21. The summed E-state index contributed by atoms with van der Waals surface area (Å²) in [6, 6.07) is 0.784. The molecule has 90 valence electrons. The van der Waals surface area contributed by atoms with Gasteiger partial charge in [-0.25, -0.2) is 0 Å². The third kappa shape index (κ3) is 4.36. The molecule has 3 atom stereocenters. The van der Waals surface area contributed by atoms with Crippen molar-refractivity contribution in [1.82, 2.24) is 5.32 Å². The molecular formula is C13H27NS. The first kappa shape index (κ1) is 13.4. The van der Waals surface area contributed by atoms with Crippen LogP contribution in [-0.2, 0) is 0 Å². The van der Waals surface area contributed by atoms with Gasteiger partial charge in [-0.2, -0.15) is 11.8 Å². The molecular weight excluding hydrogens is 202 g/mol. The van der Waals surface area contributed by atoms with Crippen LogP contribution in [0.15, 0.2) is 0 Å². The van der Waals surface area contributed by atoms with E-state index >= 15 is 0 Å². The van der Waals surface area contributed by atoms with Gasteiger partial charge in [0.05, 0.1) is 0 Å². The lowest BCUT2D eigenvalue weighted by Crippen LogP contribution is -2.33. The van der Waals surface area contributed by atoms with Crippen molar-refractivity contribution in [3.8, 4) is 0 Å². The van der Waals surface area contributed by atoms with E-state index in [4.69, 9.17) is 0 Å². The second-order valence-corrected chi connectivity index (χ2v) is 6.54. The molecule has 1 N–H and O–H groups in total. The average molecular weight is 229 g/mol. The Bertz CT molecular complexity index is 170. The van der Waals surface area contributed by atoms with Gasteiger partial charge in [-0.1, -0.05) is 27.7 Å². The summed E-state index contributed by atoms with van der Waals surface area (Å²) in [7, 11) is 0. The number of hydrogen-bond donors (Lipinski definition) is 1. The van der Waals surface area contributed by atoms with E-state index in [0.717, 1.165) is 29.7 Å². The van der Waals surface area contributed by atoms with Crippen molar-refractivity contribution in [3.63, 3.8) is 0 Å². The van der Waals surface area contributed by atoms with Gasteiger partial charge in [0.1, 0.15) is 0 Å². The molecule has 0 bridgehead atoms. The Balaban J connectivity index is 2.20. The Hall–Kier alpha value is 0.310. The van der Waals surface area contributed by atoms with Crippen LogP contribution in [0.1, 0.15) is 47.0 Å². The zero-order valence-corrected chi connectivity index (χ0v) is 11.6. The number of hydrogen-bond acceptors (Lipinski definition) is 2. The lowest BCUT2D eigenvalue weighted by molar-refractivity contribution is 0.441. The molecule has 2 heteroatoms. The van der Waals surface area contributed by atoms with Gasteiger partial charge in [-0.05, 0) is 43.4 Å². The highest BCUT2D eigenvalue weighted by Crippen LogP contribution is 2.35. The van der Waals surface area contributed by atoms with Gasteiger partial charge >= 0.3 is 0 Å². The fourth-order valence-corrected chi connectivity index (χ4v) is 4.08. The molecule has 0 heterocycles. The SMILES string of the molecule is CCNC1CCC(SCCC(C)C)C1C. The van der Waals surface area contributed by atoms with Crippen molar-refractivity contribution >= 4 is 11.8 Å². The predicted molar refractivity (Wildman–Crippen MR) is 71.6 cm³/mol. The zero-order valence-electron chi connectivity index (χ0n) is 10.8. The maximum Gasteiger partial charge on any atom is 0.0103 e. The van der Waals surface area contributed by atoms with Crippen LogP contribution in [-0.4, -0.2) is 23.6 Å². The molecule has 15 heavy (non-hydrogen) atoms. The van der Waals surface area contributed by atoms with Crippen molar-refractivity contribution in [2.45, 2.75) is 58.2 Å². The summed E-state index contributed by atoms with van der Waals surface area (Å²) in [6.07, 6.45) is 4.18. The van der Waals surface area contributed by atoms with Gasteiger partial charge in [0.15, 0.2) is 0 Å². The topological polar surface area (TPSA) is 12.0 Å². The summed E-state index contributed by atoms with van der Waals surface area (Å²) in [5, 5.41) is 4.52. The third-order valence-corrected chi connectivity index (χ3v) is 5.04. The Labute approximate surface area is 99.8 Å². The predicted octanol–water partition coefficient (Wildman–Crippen LogP) is 3.54. The minimum absolute atomic E-state index is 0.784. The molecule has 0 saturated heterocycles. The first-order chi connectivity index (χ1) is 7.15. The van der Waals surface area contributed by atoms with E-state index in [2.05, 4.69) is 44.8 Å². The van der Waals surface area contributed by atoms with Gasteiger partial charge in [0, 0.05) is 11.3 Å². The number of nitrogens with one attached hydrogen (secondary N) is 1. The van der Waals surface area contributed by atoms with Crippen molar-refractivity contribution in [1.29, 1.82) is 0 Å². The molecule has 0 spiro atoms. The van der Waals surface area contributed by atoms with Crippen LogP contribution in [0.4, 0.5) is 0 Å². The number of rotatable bonds is 6. The van der Waals surface area contributed by atoms with E-state index in [-0.39, 0.29) is 0 Å². The summed E-state index contributed by atoms with van der Waals surface area (Å²) in [5.41, 5.74) is 0. The second kappa shape index (κ2) is 6.80. The third-order valence-electron chi connectivity index (χ3n) is 3.48. The summed E-state index contributed by atoms with van der Waals surface area (Å²) in [4.78, 5) is 0. The molecule has 1 aliphatic carbocycles. The molecule has 1 nitrogen and oxygen atoms in total. The molecule has 1 aliphatic rings. The van der Waals surface area contributed by atoms with E-state index < -0.39 is 0 Å². The van der Waals surface area contributed by atoms with E-state index in [1.807, 2.05) is 0 Å². The lowest BCUT2D eigenvalue weighted by Gasteiger charge is -2.21. The molecule has 0 aromatic carbocycles. The van der Waals surface area contributed by atoms with Crippen LogP contribution < -0.4 is 5.32 Å². The van der Waals surface area contributed by atoms with E-state index in [1.165, 1.54) is 25.0 Å². The fraction of sp³-hybridized carbons (Fsp3) is 1.00. The van der Waals surface area contributed by atoms with Gasteiger partial charge in [-0.15, -0.1) is 0 Å². The highest BCUT2D eigenvalue weighted by molar-refractivity contribution is 7.99. The molecule has 0 aromatic rings. The van der Waals surface area contributed by atoms with Crippen molar-refractivity contribution in [2.75, 3.05) is 12.3 Å². The molecule has 0 aliphatic heterocycles. The standard InChI is InChI=1S/C13H27NS/c1-5-14-12-6-7-13(11(12)4)15-9-8-10(2)3/h10-14H,5-9H2,1-4H3. The van der Waals surface area contributed by atoms with Crippen LogP contribution in [0.3, 0.4) is 0 Å². The van der Waals surface area contributed by atoms with Crippen molar-refractivity contribution in [2.24, 2.45) is 11.8 Å². The van der Waals surface area contributed by atoms with Crippen LogP contribution >= 0.6 is 11.8 Å². The molecule has 1 fully saturated rings. The highest BCUT2D eigenvalue weighted by atomic mass is 32.2. The Morgan fingerprint density at radius 2 is 2.07 bits per heavy atom. The van der Waals surface area contributed by atoms with E-state index in [0.29, 0.717) is 0 Å². The Morgan fingerprint density at radius 3 is 2.67 bits per heavy atom. The minimum Gasteiger partial charge on any atom is -0.314 e. The van der Waals surface area contributed by atoms with Crippen LogP contribution in [0.25, 0.3) is 0 Å². The molecule has 1 rings (SSSR count). The van der Waals surface area contributed by atoms with Gasteiger partial charge in [-0.3, -0.25) is 0 Å². The molecule has 3 unspecified atom stereocenters. The first-order valence-corrected chi connectivity index (χ1v) is 7.55. The van der Waals surface area contributed by atoms with Crippen LogP contribution in [0, 0.1) is 11.8 Å². The summed E-state index contributed by atoms with van der Waals surface area (Å²) in [6.45, 7) is 10.4. The van der Waals surface area contributed by atoms with Crippen LogP contribution in [0.5, 0.6) is 0 Å². The summed E-state index contributed by atoms with van der Waals surface area (Å²) < 4.78 is 0. The lowest BCUT2D eigenvalue weighted by atomic mass is 10.1. The zero-order chi connectivity index (χ0) is 11.3. The van der Waals surface area contributed by atoms with E-state index in [9.17, 15) is 0 Å². The van der Waals surface area contributed by atoms with Gasteiger partial charge in [0.2, 0.25) is 0 Å². The number of thioether (sulfide) groups is 1. The monoisotopic (exact) mass is 229 g/mol.